The molecule has 0 saturated carbocycles. The van der Waals surface area contributed by atoms with Gasteiger partial charge in [-0.2, -0.15) is 0 Å². The van der Waals surface area contributed by atoms with E-state index < -0.39 is 6.04 Å². The molecule has 0 aromatic heterocycles. The molecular weight excluding hydrogens is 402 g/mol. The third kappa shape index (κ3) is 6.47. The molecule has 3 N–H and O–H groups in total. The van der Waals surface area contributed by atoms with Crippen molar-refractivity contribution in [3.63, 3.8) is 0 Å². The molecule has 0 aliphatic carbocycles. The number of hydrogen-bond donors (Lipinski definition) is 2. The summed E-state index contributed by atoms with van der Waals surface area (Å²) in [6.07, 6.45) is 1.86. The van der Waals surface area contributed by atoms with E-state index in [9.17, 15) is 9.59 Å². The van der Waals surface area contributed by atoms with Crippen LogP contribution in [0.15, 0.2) is 54.6 Å². The number of carbonyl (C=O) groups excluding carboxylic acids is 2. The Balaban J connectivity index is 0.00000320. The van der Waals surface area contributed by atoms with Crippen molar-refractivity contribution >= 4 is 24.2 Å². The fourth-order valence-electron chi connectivity index (χ4n) is 3.63. The molecule has 1 aliphatic rings. The van der Waals surface area contributed by atoms with Gasteiger partial charge >= 0.3 is 0 Å². The summed E-state index contributed by atoms with van der Waals surface area (Å²) < 4.78 is 5.14. The van der Waals surface area contributed by atoms with Crippen molar-refractivity contribution in [2.75, 3.05) is 20.2 Å². The lowest BCUT2D eigenvalue weighted by molar-refractivity contribution is -0.136. The maximum absolute atomic E-state index is 12.6. The monoisotopic (exact) mass is 431 g/mol. The SMILES string of the molecule is COc1ccc(CNC(=O)C2CCN(C(=O)[C@@H](N)Cc3ccccc3)CC2)cc1.Cl. The Labute approximate surface area is 184 Å². The predicted molar refractivity (Wildman–Crippen MR) is 120 cm³/mol. The number of nitrogens with two attached hydrogens (primary N) is 1. The molecule has 0 unspecified atom stereocenters. The first-order valence-corrected chi connectivity index (χ1v) is 10.1. The maximum atomic E-state index is 12.6. The van der Waals surface area contributed by atoms with Crippen molar-refractivity contribution in [3.05, 3.63) is 65.7 Å². The fourth-order valence-corrected chi connectivity index (χ4v) is 3.63. The molecule has 1 atom stereocenters. The summed E-state index contributed by atoms with van der Waals surface area (Å²) in [7, 11) is 1.63. The average molecular weight is 432 g/mol. The number of benzene rings is 2. The fraction of sp³-hybridized carbons (Fsp3) is 0.391. The first kappa shape index (κ1) is 23.7. The molecule has 162 valence electrons. The maximum Gasteiger partial charge on any atom is 0.239 e. The topological polar surface area (TPSA) is 84.7 Å². The number of rotatable bonds is 7. The third-order valence-corrected chi connectivity index (χ3v) is 5.42. The van der Waals surface area contributed by atoms with Crippen LogP contribution in [-0.2, 0) is 22.6 Å². The standard InChI is InChI=1S/C23H29N3O3.ClH/c1-29-20-9-7-18(8-10-20)16-25-22(27)19-11-13-26(14-12-19)23(28)21(24)15-17-5-3-2-4-6-17;/h2-10,19,21H,11-16,24H2,1H3,(H,25,27);1H/t21-;/m0./s1. The van der Waals surface area contributed by atoms with Gasteiger partial charge in [0.2, 0.25) is 11.8 Å². The van der Waals surface area contributed by atoms with Crippen LogP contribution in [0, 0.1) is 5.92 Å². The Bertz CT molecular complexity index is 806. The van der Waals surface area contributed by atoms with Gasteiger partial charge in [-0.05, 0) is 42.5 Å². The first-order chi connectivity index (χ1) is 14.1. The minimum absolute atomic E-state index is 0. The second kappa shape index (κ2) is 11.6. The van der Waals surface area contributed by atoms with Gasteiger partial charge in [0.25, 0.3) is 0 Å². The van der Waals surface area contributed by atoms with Gasteiger partial charge in [0, 0.05) is 25.6 Å². The predicted octanol–water partition coefficient (Wildman–Crippen LogP) is 2.54. The van der Waals surface area contributed by atoms with Gasteiger partial charge in [0.05, 0.1) is 13.2 Å². The van der Waals surface area contributed by atoms with Gasteiger partial charge in [0.1, 0.15) is 5.75 Å². The number of ether oxygens (including phenoxy) is 1. The zero-order valence-electron chi connectivity index (χ0n) is 17.3. The molecule has 3 rings (SSSR count). The Hall–Kier alpha value is -2.57. The van der Waals surface area contributed by atoms with Crippen LogP contribution in [0.2, 0.25) is 0 Å². The number of carbonyl (C=O) groups is 2. The minimum Gasteiger partial charge on any atom is -0.497 e. The van der Waals surface area contributed by atoms with Gasteiger partial charge in [0.15, 0.2) is 0 Å². The van der Waals surface area contributed by atoms with E-state index in [0.717, 1.165) is 16.9 Å². The Morgan fingerprint density at radius 2 is 1.70 bits per heavy atom. The number of halogens is 1. The molecule has 2 aromatic carbocycles. The molecule has 7 heteroatoms. The molecule has 0 spiro atoms. The van der Waals surface area contributed by atoms with E-state index >= 15 is 0 Å². The molecule has 2 amide bonds. The molecule has 0 radical (unpaired) electrons. The number of methoxy groups -OCH3 is 1. The molecular formula is C23H30ClN3O3. The lowest BCUT2D eigenvalue weighted by Gasteiger charge is -2.33. The number of nitrogens with one attached hydrogen (secondary N) is 1. The summed E-state index contributed by atoms with van der Waals surface area (Å²) in [6.45, 7) is 1.63. The van der Waals surface area contributed by atoms with Crippen molar-refractivity contribution in [1.82, 2.24) is 10.2 Å². The summed E-state index contributed by atoms with van der Waals surface area (Å²) in [5.74, 6) is 0.734. The van der Waals surface area contributed by atoms with Gasteiger partial charge in [-0.1, -0.05) is 42.5 Å². The van der Waals surface area contributed by atoms with Gasteiger partial charge < -0.3 is 20.7 Å². The van der Waals surface area contributed by atoms with E-state index in [2.05, 4.69) is 5.32 Å². The van der Waals surface area contributed by atoms with Crippen LogP contribution in [0.25, 0.3) is 0 Å². The van der Waals surface area contributed by atoms with E-state index in [0.29, 0.717) is 38.9 Å². The number of nitrogens with zero attached hydrogens (tertiary/aromatic N) is 1. The second-order valence-corrected chi connectivity index (χ2v) is 7.46. The molecule has 1 fully saturated rings. The quantitative estimate of drug-likeness (QED) is 0.705. The van der Waals surface area contributed by atoms with Crippen LogP contribution in [0.1, 0.15) is 24.0 Å². The highest BCUT2D eigenvalue weighted by molar-refractivity contribution is 5.85. The normalized spacial score (nSPS) is 15.1. The molecule has 1 saturated heterocycles. The number of piperidine rings is 1. The van der Waals surface area contributed by atoms with Crippen molar-refractivity contribution in [2.24, 2.45) is 11.7 Å². The summed E-state index contributed by atoms with van der Waals surface area (Å²) in [5, 5.41) is 3.00. The van der Waals surface area contributed by atoms with Crippen LogP contribution < -0.4 is 15.8 Å². The molecule has 6 nitrogen and oxygen atoms in total. The highest BCUT2D eigenvalue weighted by atomic mass is 35.5. The number of amides is 2. The van der Waals surface area contributed by atoms with Crippen molar-refractivity contribution in [1.29, 1.82) is 0 Å². The van der Waals surface area contributed by atoms with E-state index in [4.69, 9.17) is 10.5 Å². The van der Waals surface area contributed by atoms with Gasteiger partial charge in [-0.15, -0.1) is 12.4 Å². The van der Waals surface area contributed by atoms with Crippen molar-refractivity contribution < 1.29 is 14.3 Å². The summed E-state index contributed by atoms with van der Waals surface area (Å²) >= 11 is 0. The molecule has 2 aromatic rings. The van der Waals surface area contributed by atoms with Crippen LogP contribution in [0.3, 0.4) is 0 Å². The summed E-state index contributed by atoms with van der Waals surface area (Å²) in [6, 6.07) is 16.9. The van der Waals surface area contributed by atoms with E-state index in [1.54, 1.807) is 12.0 Å². The largest absolute Gasteiger partial charge is 0.497 e. The minimum atomic E-state index is -0.544. The highest BCUT2D eigenvalue weighted by Gasteiger charge is 2.29. The molecule has 30 heavy (non-hydrogen) atoms. The number of likely N-dealkylation sites (tertiary alicyclic amines) is 1. The third-order valence-electron chi connectivity index (χ3n) is 5.42. The van der Waals surface area contributed by atoms with Crippen LogP contribution in [0.5, 0.6) is 5.75 Å². The van der Waals surface area contributed by atoms with Crippen molar-refractivity contribution in [3.8, 4) is 5.75 Å². The first-order valence-electron chi connectivity index (χ1n) is 10.1. The Morgan fingerprint density at radius 3 is 2.30 bits per heavy atom. The van der Waals surface area contributed by atoms with Gasteiger partial charge in [-0.3, -0.25) is 9.59 Å². The zero-order valence-corrected chi connectivity index (χ0v) is 18.1. The smallest absolute Gasteiger partial charge is 0.239 e. The highest BCUT2D eigenvalue weighted by Crippen LogP contribution is 2.19. The second-order valence-electron chi connectivity index (χ2n) is 7.46. The average Bonchev–Trinajstić information content (AvgIpc) is 2.78. The van der Waals surface area contributed by atoms with Crippen LogP contribution >= 0.6 is 12.4 Å². The molecule has 1 aliphatic heterocycles. The van der Waals surface area contributed by atoms with E-state index in [-0.39, 0.29) is 30.1 Å². The van der Waals surface area contributed by atoms with Crippen LogP contribution in [0.4, 0.5) is 0 Å². The van der Waals surface area contributed by atoms with E-state index in [1.165, 1.54) is 0 Å². The lowest BCUT2D eigenvalue weighted by atomic mass is 9.95. The lowest BCUT2D eigenvalue weighted by Crippen LogP contribution is -2.49. The van der Waals surface area contributed by atoms with Crippen molar-refractivity contribution in [2.45, 2.75) is 31.8 Å². The van der Waals surface area contributed by atoms with Crippen LogP contribution in [-0.4, -0.2) is 43.0 Å². The molecule has 0 bridgehead atoms. The van der Waals surface area contributed by atoms with Gasteiger partial charge in [-0.25, -0.2) is 0 Å². The zero-order chi connectivity index (χ0) is 20.6. The Kier molecular flexibility index (Phi) is 9.15. The Morgan fingerprint density at radius 1 is 1.07 bits per heavy atom. The molecule has 1 heterocycles. The number of hydrogen-bond acceptors (Lipinski definition) is 4. The van der Waals surface area contributed by atoms with E-state index in [1.807, 2.05) is 54.6 Å². The summed E-state index contributed by atoms with van der Waals surface area (Å²) in [4.78, 5) is 26.9. The summed E-state index contributed by atoms with van der Waals surface area (Å²) in [5.41, 5.74) is 8.21.